The van der Waals surface area contributed by atoms with Crippen molar-refractivity contribution < 1.29 is 14.3 Å². The van der Waals surface area contributed by atoms with Gasteiger partial charge in [0.15, 0.2) is 16.7 Å². The molecule has 0 saturated carbocycles. The first-order valence-corrected chi connectivity index (χ1v) is 9.94. The Bertz CT molecular complexity index is 1110. The van der Waals surface area contributed by atoms with Crippen molar-refractivity contribution in [2.75, 3.05) is 29.6 Å². The summed E-state index contributed by atoms with van der Waals surface area (Å²) in [4.78, 5) is 17.0. The number of amidine groups is 1. The maximum absolute atomic E-state index is 12.4. The van der Waals surface area contributed by atoms with E-state index in [1.54, 1.807) is 6.07 Å². The highest BCUT2D eigenvalue weighted by atomic mass is 32.2. The van der Waals surface area contributed by atoms with Crippen LogP contribution in [0.4, 0.5) is 17.1 Å². The number of thioether (sulfide) groups is 1. The molecule has 2 aliphatic rings. The third-order valence-corrected chi connectivity index (χ3v) is 5.39. The smallest absolute Gasteiger partial charge is 0.234 e. The molecule has 0 bridgehead atoms. The van der Waals surface area contributed by atoms with E-state index in [-0.39, 0.29) is 11.7 Å². The Morgan fingerprint density at radius 2 is 1.89 bits per heavy atom. The largest absolute Gasteiger partial charge is 0.486 e. The summed E-state index contributed by atoms with van der Waals surface area (Å²) in [5.41, 5.74) is 2.61. The van der Waals surface area contributed by atoms with E-state index in [1.165, 1.54) is 11.8 Å². The van der Waals surface area contributed by atoms with Crippen LogP contribution in [0.2, 0.25) is 0 Å². The number of carbonyl (C=O) groups is 1. The Labute approximate surface area is 165 Å². The van der Waals surface area contributed by atoms with Gasteiger partial charge in [-0.25, -0.2) is 4.99 Å². The molecule has 0 spiro atoms. The van der Waals surface area contributed by atoms with Crippen molar-refractivity contribution >= 4 is 50.7 Å². The van der Waals surface area contributed by atoms with Gasteiger partial charge in [-0.3, -0.25) is 4.79 Å². The summed E-state index contributed by atoms with van der Waals surface area (Å²) in [6, 6.07) is 17.6. The minimum atomic E-state index is -0.108. The lowest BCUT2D eigenvalue weighted by Crippen LogP contribution is -2.19. The van der Waals surface area contributed by atoms with E-state index >= 15 is 0 Å². The van der Waals surface area contributed by atoms with Crippen molar-refractivity contribution in [1.82, 2.24) is 0 Å². The second kappa shape index (κ2) is 7.09. The molecule has 2 aliphatic heterocycles. The highest BCUT2D eigenvalue weighted by Crippen LogP contribution is 2.37. The fourth-order valence-corrected chi connectivity index (χ4v) is 3.98. The lowest BCUT2D eigenvalue weighted by atomic mass is 10.1. The number of anilines is 2. The fraction of sp³-hybridized carbons (Fsp3) is 0.143. The summed E-state index contributed by atoms with van der Waals surface area (Å²) in [6.45, 7) is 1.06. The van der Waals surface area contributed by atoms with Crippen LogP contribution in [0.25, 0.3) is 10.8 Å². The van der Waals surface area contributed by atoms with Crippen LogP contribution in [0.1, 0.15) is 0 Å². The number of nitrogens with zero attached hydrogens (tertiary/aromatic N) is 1. The average Bonchev–Trinajstić information content (AvgIpc) is 2.73. The number of amides is 1. The molecule has 0 unspecified atom stereocenters. The van der Waals surface area contributed by atoms with Crippen molar-refractivity contribution in [3.8, 4) is 11.5 Å². The van der Waals surface area contributed by atoms with Gasteiger partial charge in [-0.1, -0.05) is 36.0 Å². The first-order chi connectivity index (χ1) is 13.8. The van der Waals surface area contributed by atoms with E-state index in [0.29, 0.717) is 35.6 Å². The molecule has 140 valence electrons. The van der Waals surface area contributed by atoms with Gasteiger partial charge in [0.05, 0.1) is 17.1 Å². The molecule has 28 heavy (non-hydrogen) atoms. The van der Waals surface area contributed by atoms with Crippen LogP contribution < -0.4 is 20.1 Å². The summed E-state index contributed by atoms with van der Waals surface area (Å²) >= 11 is 1.37. The molecule has 3 aromatic carbocycles. The van der Waals surface area contributed by atoms with Gasteiger partial charge in [-0.2, -0.15) is 0 Å². The third-order valence-electron chi connectivity index (χ3n) is 4.51. The van der Waals surface area contributed by atoms with Gasteiger partial charge in [-0.15, -0.1) is 0 Å². The molecule has 0 aliphatic carbocycles. The number of hydrogen-bond acceptors (Lipinski definition) is 6. The normalized spacial score (nSPS) is 14.2. The molecular formula is C21H17N3O3S. The monoisotopic (exact) mass is 391 g/mol. The van der Waals surface area contributed by atoms with Gasteiger partial charge in [0, 0.05) is 17.1 Å². The van der Waals surface area contributed by atoms with Crippen LogP contribution in [-0.2, 0) is 4.79 Å². The maximum Gasteiger partial charge on any atom is 0.234 e. The minimum absolute atomic E-state index is 0.108. The zero-order valence-electron chi connectivity index (χ0n) is 14.9. The highest BCUT2D eigenvalue weighted by molar-refractivity contribution is 8.14. The average molecular weight is 391 g/mol. The standard InChI is InChI=1S/C21H17N3O3S/c25-19(22-14-7-8-17-18(11-14)27-10-9-26-17)12-28-21-23-15-5-1-3-13-4-2-6-16(24-21)20(13)15/h1-8,11H,9-10,12H2,(H,22,25)(H,23,24). The van der Waals surface area contributed by atoms with Crippen molar-refractivity contribution in [2.24, 2.45) is 4.99 Å². The number of hydrogen-bond donors (Lipinski definition) is 2. The highest BCUT2D eigenvalue weighted by Gasteiger charge is 2.16. The Morgan fingerprint density at radius 3 is 2.79 bits per heavy atom. The quantitative estimate of drug-likeness (QED) is 0.693. The maximum atomic E-state index is 12.4. The Kier molecular flexibility index (Phi) is 4.29. The molecule has 7 heteroatoms. The first-order valence-electron chi connectivity index (χ1n) is 8.96. The van der Waals surface area contributed by atoms with Crippen LogP contribution in [-0.4, -0.2) is 30.0 Å². The fourth-order valence-electron chi connectivity index (χ4n) is 3.29. The second-order valence-corrected chi connectivity index (χ2v) is 7.38. The van der Waals surface area contributed by atoms with E-state index < -0.39 is 0 Å². The Morgan fingerprint density at radius 1 is 1.07 bits per heavy atom. The van der Waals surface area contributed by atoms with Crippen LogP contribution in [0.3, 0.4) is 0 Å². The van der Waals surface area contributed by atoms with Gasteiger partial charge in [0.2, 0.25) is 5.91 Å². The molecular weight excluding hydrogens is 374 g/mol. The SMILES string of the molecule is O=C(CSC1=Nc2cccc3cccc(c23)N1)Nc1ccc2c(c1)OCCO2. The molecule has 1 amide bonds. The molecule has 0 saturated heterocycles. The van der Waals surface area contributed by atoms with Gasteiger partial charge in [0.25, 0.3) is 0 Å². The topological polar surface area (TPSA) is 72.0 Å². The number of aliphatic imine (C=N–C) groups is 1. The summed E-state index contributed by atoms with van der Waals surface area (Å²) in [7, 11) is 0. The summed E-state index contributed by atoms with van der Waals surface area (Å²) in [5, 5.41) is 9.17. The predicted octanol–water partition coefficient (Wildman–Crippen LogP) is 4.40. The molecule has 5 rings (SSSR count). The minimum Gasteiger partial charge on any atom is -0.486 e. The summed E-state index contributed by atoms with van der Waals surface area (Å²) in [5.74, 6) is 1.49. The van der Waals surface area contributed by atoms with E-state index in [9.17, 15) is 4.79 Å². The number of ether oxygens (including phenoxy) is 2. The van der Waals surface area contributed by atoms with E-state index in [4.69, 9.17) is 9.47 Å². The van der Waals surface area contributed by atoms with Crippen molar-refractivity contribution in [3.05, 3.63) is 54.6 Å². The van der Waals surface area contributed by atoms with E-state index in [2.05, 4.69) is 27.8 Å². The van der Waals surface area contributed by atoms with Gasteiger partial charge in [-0.05, 0) is 29.7 Å². The molecule has 2 heterocycles. The van der Waals surface area contributed by atoms with Crippen LogP contribution in [0.15, 0.2) is 59.6 Å². The summed E-state index contributed by atoms with van der Waals surface area (Å²) < 4.78 is 11.0. The Hall–Kier alpha value is -3.19. The molecule has 0 radical (unpaired) electrons. The molecule has 3 aromatic rings. The van der Waals surface area contributed by atoms with Gasteiger partial charge in [0.1, 0.15) is 13.2 Å². The lowest BCUT2D eigenvalue weighted by molar-refractivity contribution is -0.113. The molecule has 0 fully saturated rings. The van der Waals surface area contributed by atoms with Crippen LogP contribution >= 0.6 is 11.8 Å². The van der Waals surface area contributed by atoms with E-state index in [1.807, 2.05) is 36.4 Å². The summed E-state index contributed by atoms with van der Waals surface area (Å²) in [6.07, 6.45) is 0. The molecule has 0 aromatic heterocycles. The van der Waals surface area contributed by atoms with E-state index in [0.717, 1.165) is 22.1 Å². The number of benzene rings is 3. The molecule has 6 nitrogen and oxygen atoms in total. The molecule has 0 atom stereocenters. The van der Waals surface area contributed by atoms with Gasteiger partial charge < -0.3 is 20.1 Å². The van der Waals surface area contributed by atoms with Gasteiger partial charge >= 0.3 is 0 Å². The second-order valence-electron chi connectivity index (χ2n) is 6.42. The lowest BCUT2D eigenvalue weighted by Gasteiger charge is -2.19. The molecule has 2 N–H and O–H groups in total. The number of rotatable bonds is 3. The third kappa shape index (κ3) is 3.25. The van der Waals surface area contributed by atoms with Crippen molar-refractivity contribution in [1.29, 1.82) is 0 Å². The van der Waals surface area contributed by atoms with Crippen LogP contribution in [0.5, 0.6) is 11.5 Å². The zero-order chi connectivity index (χ0) is 18.9. The van der Waals surface area contributed by atoms with Crippen molar-refractivity contribution in [3.63, 3.8) is 0 Å². The number of nitrogens with one attached hydrogen (secondary N) is 2. The van der Waals surface area contributed by atoms with Crippen molar-refractivity contribution in [2.45, 2.75) is 0 Å². The number of carbonyl (C=O) groups excluding carboxylic acids is 1. The number of fused-ring (bicyclic) bond motifs is 1. The predicted molar refractivity (Wildman–Crippen MR) is 113 cm³/mol. The van der Waals surface area contributed by atoms with Crippen LogP contribution in [0, 0.1) is 0 Å². The zero-order valence-corrected chi connectivity index (χ0v) is 15.7. The first kappa shape index (κ1) is 16.9. The Balaban J connectivity index is 1.26.